The molecule has 0 aliphatic rings. The largest absolute Gasteiger partial charge is 0 e. The first-order chi connectivity index (χ1) is 0. The summed E-state index contributed by atoms with van der Waals surface area (Å²) in [5.41, 5.74) is 0. The van der Waals surface area contributed by atoms with Gasteiger partial charge in [-0.25, -0.2) is 0 Å². The SMILES string of the molecule is [KH].[P].[Sn].[V]. The van der Waals surface area contributed by atoms with Crippen molar-refractivity contribution in [3.05, 3.63) is 0 Å². The molecule has 0 nitrogen and oxygen atoms in total. The minimum Gasteiger partial charge on any atom is 0 e. The van der Waals surface area contributed by atoms with E-state index in [0.717, 1.165) is 0 Å². The Bertz CT molecular complexity index is 8.00. The Morgan fingerprint density at radius 2 is 1.00 bits per heavy atom. The summed E-state index contributed by atoms with van der Waals surface area (Å²) in [5.74, 6) is 0. The zero-order chi connectivity index (χ0) is 0. The fourth-order valence-electron chi connectivity index (χ4n) is 0. The molecule has 16 valence electrons. The van der Waals surface area contributed by atoms with Crippen molar-refractivity contribution in [2.45, 2.75) is 0 Å². The van der Waals surface area contributed by atoms with Crippen molar-refractivity contribution in [2.75, 3.05) is 0 Å². The van der Waals surface area contributed by atoms with Crippen molar-refractivity contribution in [2.24, 2.45) is 0 Å². The van der Waals surface area contributed by atoms with Crippen LogP contribution in [0.4, 0.5) is 0 Å². The molecule has 0 aliphatic carbocycles. The molecule has 0 atom stereocenters. The topological polar surface area (TPSA) is 0 Å². The summed E-state index contributed by atoms with van der Waals surface area (Å²) in [6.07, 6.45) is 0. The van der Waals surface area contributed by atoms with E-state index in [-0.39, 0.29) is 104 Å². The van der Waals surface area contributed by atoms with Gasteiger partial charge in [-0.2, -0.15) is 0 Å². The summed E-state index contributed by atoms with van der Waals surface area (Å²) < 4.78 is 0. The van der Waals surface area contributed by atoms with Crippen molar-refractivity contribution in [1.29, 1.82) is 0 Å². The van der Waals surface area contributed by atoms with Gasteiger partial charge in [0.2, 0.25) is 0 Å². The quantitative estimate of drug-likeness (QED) is 0.408. The first-order valence-corrected chi connectivity index (χ1v) is 0. The molecule has 0 heterocycles. The molecule has 0 N–H and O–H groups in total. The maximum Gasteiger partial charge on any atom is 0 e. The van der Waals surface area contributed by atoms with Crippen LogP contribution in [-0.4, -0.2) is 75.3 Å². The van der Waals surface area contributed by atoms with Crippen LogP contribution in [0.3, 0.4) is 0 Å². The molecular weight excluding hydrogens is 240 g/mol. The average molecular weight is 241 g/mol. The molecule has 0 spiro atoms. The smallest absolute Gasteiger partial charge is 0 e. The number of hydrogen-bond donors (Lipinski definition) is 0. The monoisotopic (exact) mass is 242 g/mol. The molecule has 0 aromatic carbocycles. The Morgan fingerprint density at radius 1 is 1.00 bits per heavy atom. The molecule has 0 aromatic rings. The van der Waals surface area contributed by atoms with Crippen LogP contribution in [0, 0.1) is 0 Å². The van der Waals surface area contributed by atoms with Crippen LogP contribution >= 0.6 is 9.90 Å². The van der Waals surface area contributed by atoms with Crippen molar-refractivity contribution in [1.82, 2.24) is 0 Å². The van der Waals surface area contributed by atoms with E-state index in [1.165, 1.54) is 0 Å². The second-order valence-corrected chi connectivity index (χ2v) is 0. The Labute approximate surface area is 101 Å². The fraction of sp³-hybridized carbons (Fsp3) is 0. The molecule has 0 amide bonds. The van der Waals surface area contributed by atoms with Gasteiger partial charge in [0.15, 0.2) is 0 Å². The van der Waals surface area contributed by atoms with E-state index >= 15 is 0 Å². The Balaban J connectivity index is 0. The number of rotatable bonds is 0. The minimum absolute atomic E-state index is 0. The predicted molar refractivity (Wildman–Crippen MR) is 19.8 cm³/mol. The third kappa shape index (κ3) is 9.07. The first kappa shape index (κ1) is 26.0. The van der Waals surface area contributed by atoms with Crippen LogP contribution in [0.5, 0.6) is 0 Å². The van der Waals surface area contributed by atoms with Gasteiger partial charge in [-0.05, 0) is 0 Å². The first-order valence-electron chi connectivity index (χ1n) is 0. The van der Waals surface area contributed by atoms with E-state index < -0.39 is 0 Å². The van der Waals surface area contributed by atoms with Crippen molar-refractivity contribution >= 4 is 85.2 Å². The third-order valence-electron chi connectivity index (χ3n) is 0. The zero-order valence-corrected chi connectivity index (χ0v) is 6.54. The molecular formula is HKPSnV. The van der Waals surface area contributed by atoms with Gasteiger partial charge < -0.3 is 0 Å². The van der Waals surface area contributed by atoms with E-state index in [9.17, 15) is 0 Å². The number of hydrogen-bond acceptors (Lipinski definition) is 0. The van der Waals surface area contributed by atoms with Gasteiger partial charge in [0.05, 0.1) is 0 Å². The summed E-state index contributed by atoms with van der Waals surface area (Å²) in [6, 6.07) is 0. The van der Waals surface area contributed by atoms with Gasteiger partial charge in [0.25, 0.3) is 0 Å². The van der Waals surface area contributed by atoms with Crippen molar-refractivity contribution < 1.29 is 18.6 Å². The van der Waals surface area contributed by atoms with Gasteiger partial charge in [-0.3, -0.25) is 0 Å². The average Bonchev–Trinajstić information content (AvgIpc) is 0. The van der Waals surface area contributed by atoms with E-state index in [0.29, 0.717) is 0 Å². The van der Waals surface area contributed by atoms with Crippen LogP contribution in [0.1, 0.15) is 0 Å². The molecule has 0 bridgehead atoms. The summed E-state index contributed by atoms with van der Waals surface area (Å²) in [4.78, 5) is 0. The molecule has 0 rings (SSSR count). The third-order valence-corrected chi connectivity index (χ3v) is 0. The summed E-state index contributed by atoms with van der Waals surface area (Å²) in [5, 5.41) is 0. The molecule has 0 fully saturated rings. The van der Waals surface area contributed by atoms with Gasteiger partial charge in [-0.15, -0.1) is 0 Å². The van der Waals surface area contributed by atoms with Gasteiger partial charge in [-0.1, -0.05) is 0 Å². The second kappa shape index (κ2) is 16.1. The Hall–Kier alpha value is 3.45. The summed E-state index contributed by atoms with van der Waals surface area (Å²) in [7, 11) is 0. The maximum absolute atomic E-state index is 0. The van der Waals surface area contributed by atoms with E-state index in [1.54, 1.807) is 0 Å². The van der Waals surface area contributed by atoms with Crippen LogP contribution in [-0.2, 0) is 18.6 Å². The van der Waals surface area contributed by atoms with Crippen LogP contribution in [0.25, 0.3) is 0 Å². The Morgan fingerprint density at radius 3 is 1.00 bits per heavy atom. The molecule has 0 saturated carbocycles. The van der Waals surface area contributed by atoms with Gasteiger partial charge in [0.1, 0.15) is 0 Å². The summed E-state index contributed by atoms with van der Waals surface area (Å²) >= 11 is 0. The van der Waals surface area contributed by atoms with E-state index in [4.69, 9.17) is 0 Å². The van der Waals surface area contributed by atoms with Crippen LogP contribution in [0.2, 0.25) is 0 Å². The van der Waals surface area contributed by atoms with Crippen molar-refractivity contribution in [3.63, 3.8) is 0 Å². The standard InChI is InChI=1S/K.P.Sn.V.H. The normalized spacial score (nSPS) is 0. The molecule has 0 aromatic heterocycles. The molecule has 4 heteroatoms. The Kier molecular flexibility index (Phi) is 105. The second-order valence-electron chi connectivity index (χ2n) is 0. The van der Waals surface area contributed by atoms with Crippen molar-refractivity contribution in [3.8, 4) is 0 Å². The summed E-state index contributed by atoms with van der Waals surface area (Å²) in [6.45, 7) is 0. The fourth-order valence-corrected chi connectivity index (χ4v) is 0. The van der Waals surface area contributed by atoms with Gasteiger partial charge >= 0.3 is 51.4 Å². The van der Waals surface area contributed by atoms with Gasteiger partial charge in [0, 0.05) is 52.4 Å². The van der Waals surface area contributed by atoms with E-state index in [1.807, 2.05) is 0 Å². The molecule has 0 saturated heterocycles. The molecule has 4 heavy (non-hydrogen) atoms. The zero-order valence-electron chi connectivity index (χ0n) is 1.39. The van der Waals surface area contributed by atoms with Crippen LogP contribution < -0.4 is 0 Å². The maximum atomic E-state index is 0. The van der Waals surface area contributed by atoms with E-state index in [2.05, 4.69) is 0 Å². The molecule has 0 aliphatic heterocycles. The minimum atomic E-state index is 0. The predicted octanol–water partition coefficient (Wildman–Crippen LogP) is -0.171. The van der Waals surface area contributed by atoms with Crippen LogP contribution in [0.15, 0.2) is 0 Å². The molecule has 0 unspecified atom stereocenters. The molecule has 8 radical (unpaired) electrons.